The first kappa shape index (κ1) is 20.8. The zero-order chi connectivity index (χ0) is 21.0. The SMILES string of the molecule is CCOc1cc(CN(C(=O)c2ccc(OC)cc2F)C2CC2)ccc1OC(F)F. The molecule has 0 aliphatic heterocycles. The molecule has 0 bridgehead atoms. The van der Waals surface area contributed by atoms with Gasteiger partial charge >= 0.3 is 6.61 Å². The van der Waals surface area contributed by atoms with Crippen LogP contribution in [0.4, 0.5) is 13.2 Å². The fraction of sp³-hybridized carbons (Fsp3) is 0.381. The fourth-order valence-corrected chi connectivity index (χ4v) is 3.01. The predicted molar refractivity (Wildman–Crippen MR) is 100 cm³/mol. The molecule has 1 aliphatic rings. The number of halogens is 3. The summed E-state index contributed by atoms with van der Waals surface area (Å²) in [6, 6.07) is 8.65. The van der Waals surface area contributed by atoms with E-state index in [0.717, 1.165) is 12.8 Å². The van der Waals surface area contributed by atoms with Gasteiger partial charge in [0, 0.05) is 18.7 Å². The Morgan fingerprint density at radius 3 is 2.52 bits per heavy atom. The molecule has 156 valence electrons. The number of rotatable bonds is 9. The summed E-state index contributed by atoms with van der Waals surface area (Å²) in [6.07, 6.45) is 1.66. The minimum absolute atomic E-state index is 0.0107. The molecule has 5 nitrogen and oxygen atoms in total. The Hall–Kier alpha value is -2.90. The van der Waals surface area contributed by atoms with Crippen LogP contribution in [0.1, 0.15) is 35.7 Å². The molecule has 1 amide bonds. The van der Waals surface area contributed by atoms with Gasteiger partial charge in [-0.3, -0.25) is 4.79 Å². The van der Waals surface area contributed by atoms with E-state index in [0.29, 0.717) is 11.3 Å². The quantitative estimate of drug-likeness (QED) is 0.606. The highest BCUT2D eigenvalue weighted by atomic mass is 19.3. The molecule has 0 radical (unpaired) electrons. The maximum Gasteiger partial charge on any atom is 0.387 e. The number of hydrogen-bond donors (Lipinski definition) is 0. The van der Waals surface area contributed by atoms with Crippen LogP contribution in [0.2, 0.25) is 0 Å². The van der Waals surface area contributed by atoms with Gasteiger partial charge in [-0.25, -0.2) is 4.39 Å². The number of carbonyl (C=O) groups is 1. The van der Waals surface area contributed by atoms with Gasteiger partial charge in [-0.2, -0.15) is 8.78 Å². The highest BCUT2D eigenvalue weighted by Crippen LogP contribution is 2.34. The third kappa shape index (κ3) is 5.13. The van der Waals surface area contributed by atoms with E-state index >= 15 is 0 Å². The van der Waals surface area contributed by atoms with Gasteiger partial charge in [0.05, 0.1) is 19.3 Å². The predicted octanol–water partition coefficient (Wildman–Crippen LogP) is 4.64. The molecule has 1 aliphatic carbocycles. The van der Waals surface area contributed by atoms with Gasteiger partial charge in [0.25, 0.3) is 5.91 Å². The van der Waals surface area contributed by atoms with E-state index in [9.17, 15) is 18.0 Å². The summed E-state index contributed by atoms with van der Waals surface area (Å²) in [6.45, 7) is -0.775. The number of alkyl halides is 2. The van der Waals surface area contributed by atoms with Crippen LogP contribution in [0.5, 0.6) is 17.2 Å². The van der Waals surface area contributed by atoms with Crippen molar-refractivity contribution in [2.75, 3.05) is 13.7 Å². The van der Waals surface area contributed by atoms with Crippen molar-refractivity contribution in [1.82, 2.24) is 4.90 Å². The van der Waals surface area contributed by atoms with Crippen LogP contribution >= 0.6 is 0 Å². The number of hydrogen-bond acceptors (Lipinski definition) is 4. The third-order valence-electron chi connectivity index (χ3n) is 4.53. The van der Waals surface area contributed by atoms with E-state index in [4.69, 9.17) is 9.47 Å². The van der Waals surface area contributed by atoms with Crippen molar-refractivity contribution in [3.05, 3.63) is 53.3 Å². The number of amides is 1. The van der Waals surface area contributed by atoms with Crippen molar-refractivity contribution in [1.29, 1.82) is 0 Å². The van der Waals surface area contributed by atoms with Crippen LogP contribution in [0.3, 0.4) is 0 Å². The first-order chi connectivity index (χ1) is 13.9. The molecular weight excluding hydrogens is 387 g/mol. The van der Waals surface area contributed by atoms with E-state index in [1.807, 2.05) is 0 Å². The molecule has 0 atom stereocenters. The summed E-state index contributed by atoms with van der Waals surface area (Å²) in [5.41, 5.74) is 0.629. The molecule has 3 rings (SSSR count). The summed E-state index contributed by atoms with van der Waals surface area (Å²) in [5, 5.41) is 0. The standard InChI is InChI=1S/C21H22F3NO4/c1-3-28-19-10-13(4-9-18(19)29-21(23)24)12-25(14-5-6-14)20(26)16-8-7-15(27-2)11-17(16)22/h4,7-11,14,21H,3,5-6,12H2,1-2H3. The van der Waals surface area contributed by atoms with Crippen molar-refractivity contribution < 1.29 is 32.2 Å². The van der Waals surface area contributed by atoms with Gasteiger partial charge in [-0.05, 0) is 49.6 Å². The summed E-state index contributed by atoms with van der Waals surface area (Å²) in [4.78, 5) is 14.6. The summed E-state index contributed by atoms with van der Waals surface area (Å²) in [7, 11) is 1.42. The monoisotopic (exact) mass is 409 g/mol. The fourth-order valence-electron chi connectivity index (χ4n) is 3.01. The first-order valence-corrected chi connectivity index (χ1v) is 9.28. The molecule has 1 fully saturated rings. The lowest BCUT2D eigenvalue weighted by atomic mass is 10.1. The zero-order valence-electron chi connectivity index (χ0n) is 16.2. The smallest absolute Gasteiger partial charge is 0.387 e. The summed E-state index contributed by atoms with van der Waals surface area (Å²) < 4.78 is 54.4. The van der Waals surface area contributed by atoms with Crippen molar-refractivity contribution in [3.63, 3.8) is 0 Å². The first-order valence-electron chi connectivity index (χ1n) is 9.28. The highest BCUT2D eigenvalue weighted by molar-refractivity contribution is 5.95. The molecule has 0 heterocycles. The molecular formula is C21H22F3NO4. The lowest BCUT2D eigenvalue weighted by Crippen LogP contribution is -2.33. The summed E-state index contributed by atoms with van der Waals surface area (Å²) >= 11 is 0. The molecule has 0 aromatic heterocycles. The van der Waals surface area contributed by atoms with Crippen LogP contribution in [0, 0.1) is 5.82 Å². The Balaban J connectivity index is 1.84. The molecule has 29 heavy (non-hydrogen) atoms. The second-order valence-corrected chi connectivity index (χ2v) is 6.60. The lowest BCUT2D eigenvalue weighted by Gasteiger charge is -2.23. The molecule has 0 saturated heterocycles. The van der Waals surface area contributed by atoms with E-state index in [2.05, 4.69) is 4.74 Å². The number of methoxy groups -OCH3 is 1. The largest absolute Gasteiger partial charge is 0.497 e. The van der Waals surface area contributed by atoms with E-state index in [1.54, 1.807) is 24.0 Å². The molecule has 2 aromatic carbocycles. The second kappa shape index (κ2) is 9.07. The van der Waals surface area contributed by atoms with Gasteiger partial charge in [-0.1, -0.05) is 6.07 Å². The maximum absolute atomic E-state index is 14.4. The number of nitrogens with zero attached hydrogens (tertiary/aromatic N) is 1. The number of ether oxygens (including phenoxy) is 3. The van der Waals surface area contributed by atoms with Crippen molar-refractivity contribution in [2.45, 2.75) is 39.0 Å². The van der Waals surface area contributed by atoms with E-state index < -0.39 is 18.3 Å². The van der Waals surface area contributed by atoms with Gasteiger partial charge in [0.15, 0.2) is 11.5 Å². The van der Waals surface area contributed by atoms with Crippen LogP contribution in [0.25, 0.3) is 0 Å². The normalized spacial score (nSPS) is 13.3. The Bertz CT molecular complexity index is 871. The molecule has 1 saturated carbocycles. The highest BCUT2D eigenvalue weighted by Gasteiger charge is 2.34. The minimum atomic E-state index is -2.97. The Morgan fingerprint density at radius 1 is 1.17 bits per heavy atom. The third-order valence-corrected chi connectivity index (χ3v) is 4.53. The van der Waals surface area contributed by atoms with Crippen molar-refractivity contribution in [3.8, 4) is 17.2 Å². The zero-order valence-corrected chi connectivity index (χ0v) is 16.2. The maximum atomic E-state index is 14.4. The van der Waals surface area contributed by atoms with Gasteiger partial charge < -0.3 is 19.1 Å². The second-order valence-electron chi connectivity index (χ2n) is 6.60. The molecule has 0 spiro atoms. The molecule has 0 unspecified atom stereocenters. The van der Waals surface area contributed by atoms with Gasteiger partial charge in [-0.15, -0.1) is 0 Å². The average molecular weight is 409 g/mol. The van der Waals surface area contributed by atoms with Crippen LogP contribution in [-0.2, 0) is 6.54 Å². The van der Waals surface area contributed by atoms with Gasteiger partial charge in [0.2, 0.25) is 0 Å². The molecule has 2 aromatic rings. The Morgan fingerprint density at radius 2 is 1.93 bits per heavy atom. The lowest BCUT2D eigenvalue weighted by molar-refractivity contribution is -0.0514. The van der Waals surface area contributed by atoms with Crippen molar-refractivity contribution >= 4 is 5.91 Å². The van der Waals surface area contributed by atoms with Crippen LogP contribution < -0.4 is 14.2 Å². The molecule has 8 heteroatoms. The number of benzene rings is 2. The molecule has 0 N–H and O–H groups in total. The topological polar surface area (TPSA) is 48.0 Å². The van der Waals surface area contributed by atoms with E-state index in [1.165, 1.54) is 31.4 Å². The van der Waals surface area contributed by atoms with Crippen LogP contribution in [0.15, 0.2) is 36.4 Å². The van der Waals surface area contributed by atoms with E-state index in [-0.39, 0.29) is 36.3 Å². The Kier molecular flexibility index (Phi) is 6.51. The van der Waals surface area contributed by atoms with Crippen molar-refractivity contribution in [2.24, 2.45) is 0 Å². The minimum Gasteiger partial charge on any atom is -0.497 e. The van der Waals surface area contributed by atoms with Crippen LogP contribution in [-0.4, -0.2) is 37.2 Å². The summed E-state index contributed by atoms with van der Waals surface area (Å²) in [5.74, 6) is -0.664. The number of carbonyl (C=O) groups excluding carboxylic acids is 1. The Labute approximate surface area is 167 Å². The van der Waals surface area contributed by atoms with Gasteiger partial charge in [0.1, 0.15) is 11.6 Å². The average Bonchev–Trinajstić information content (AvgIpc) is 3.52.